The highest BCUT2D eigenvalue weighted by Gasteiger charge is 2.58. The van der Waals surface area contributed by atoms with Gasteiger partial charge in [-0.1, -0.05) is 6.07 Å². The zero-order valence-electron chi connectivity index (χ0n) is 16.8. The normalized spacial score (nSPS) is 23.9. The Morgan fingerprint density at radius 1 is 1.16 bits per heavy atom. The SMILES string of the molecule is O=C1NC2(CO1)CN(C(=O)N1CC3(CC(NS(=O)(=O)c4cccc(C(F)(F)F)c4)C3)C1)C2. The third-order valence-corrected chi connectivity index (χ3v) is 8.10. The van der Waals surface area contributed by atoms with Gasteiger partial charge < -0.3 is 19.9 Å². The van der Waals surface area contributed by atoms with Crippen LogP contribution >= 0.6 is 0 Å². The first-order chi connectivity index (χ1) is 14.9. The summed E-state index contributed by atoms with van der Waals surface area (Å²) in [6, 6.07) is 3.13. The smallest absolute Gasteiger partial charge is 0.416 e. The number of halogens is 3. The van der Waals surface area contributed by atoms with Crippen LogP contribution in [0.15, 0.2) is 29.2 Å². The fourth-order valence-corrected chi connectivity index (χ4v) is 6.32. The number of alkyl halides is 3. The number of benzene rings is 1. The van der Waals surface area contributed by atoms with Crippen LogP contribution in [0.1, 0.15) is 18.4 Å². The van der Waals surface area contributed by atoms with Crippen molar-refractivity contribution in [2.45, 2.75) is 35.5 Å². The predicted molar refractivity (Wildman–Crippen MR) is 103 cm³/mol. The Kier molecular flexibility index (Phi) is 4.48. The highest BCUT2D eigenvalue weighted by molar-refractivity contribution is 7.89. The van der Waals surface area contributed by atoms with E-state index in [2.05, 4.69) is 10.0 Å². The first kappa shape index (κ1) is 21.3. The minimum atomic E-state index is -4.62. The molecular weight excluding hydrogens is 453 g/mol. The number of urea groups is 1. The number of hydrogen-bond donors (Lipinski definition) is 2. The molecule has 32 heavy (non-hydrogen) atoms. The number of nitrogens with zero attached hydrogens (tertiary/aromatic N) is 2. The van der Waals surface area contributed by atoms with Crippen LogP contribution in [0.2, 0.25) is 0 Å². The van der Waals surface area contributed by atoms with E-state index < -0.39 is 38.3 Å². The minimum Gasteiger partial charge on any atom is -0.447 e. The lowest BCUT2D eigenvalue weighted by atomic mass is 9.61. The van der Waals surface area contributed by atoms with Gasteiger partial charge in [0.2, 0.25) is 10.0 Å². The molecule has 5 rings (SSSR count). The summed E-state index contributed by atoms with van der Waals surface area (Å²) in [5.41, 5.74) is -1.67. The van der Waals surface area contributed by atoms with Crippen LogP contribution in [0.25, 0.3) is 0 Å². The van der Waals surface area contributed by atoms with E-state index in [-0.39, 0.29) is 24.1 Å². The van der Waals surface area contributed by atoms with E-state index in [1.165, 1.54) is 0 Å². The monoisotopic (exact) mass is 474 g/mol. The Bertz CT molecular complexity index is 1070. The average Bonchev–Trinajstić information content (AvgIpc) is 3.02. The molecule has 1 aromatic carbocycles. The average molecular weight is 474 g/mol. The molecule has 3 aliphatic heterocycles. The van der Waals surface area contributed by atoms with Crippen molar-refractivity contribution >= 4 is 22.1 Å². The number of sulfonamides is 1. The Labute approximate surface area is 181 Å². The number of cyclic esters (lactones) is 1. The summed E-state index contributed by atoms with van der Waals surface area (Å²) in [6.07, 6.45) is -4.07. The van der Waals surface area contributed by atoms with Gasteiger partial charge in [0.1, 0.15) is 12.1 Å². The lowest BCUT2D eigenvalue weighted by molar-refractivity contribution is -0.137. The number of ether oxygens (including phenoxy) is 1. The molecule has 3 heterocycles. The Balaban J connectivity index is 1.11. The molecule has 1 aliphatic carbocycles. The van der Waals surface area contributed by atoms with E-state index >= 15 is 0 Å². The molecule has 4 aliphatic rings. The van der Waals surface area contributed by atoms with E-state index in [0.29, 0.717) is 45.1 Å². The standard InChI is InChI=1S/C19H21F3N4O5S/c20-19(21,22)12-2-1-3-14(4-12)32(29,30)24-13-5-17(6-13)7-25(8-17)16(28)26-9-18(10-26)11-31-15(27)23-18/h1-4,13,24H,5-11H2,(H,23,27). The molecular formula is C19H21F3N4O5S. The second-order valence-corrected chi connectivity index (χ2v) is 10.9. The quantitative estimate of drug-likeness (QED) is 0.688. The van der Waals surface area contributed by atoms with Crippen LogP contribution in [0.3, 0.4) is 0 Å². The molecule has 174 valence electrons. The predicted octanol–water partition coefficient (Wildman–Crippen LogP) is 1.36. The number of carbonyl (C=O) groups is 2. The van der Waals surface area contributed by atoms with Crippen molar-refractivity contribution < 1.29 is 35.9 Å². The van der Waals surface area contributed by atoms with E-state index in [4.69, 9.17) is 4.74 Å². The van der Waals surface area contributed by atoms with E-state index in [9.17, 15) is 31.2 Å². The number of hydrogen-bond acceptors (Lipinski definition) is 5. The Hall–Kier alpha value is -2.54. The Morgan fingerprint density at radius 3 is 2.41 bits per heavy atom. The summed E-state index contributed by atoms with van der Waals surface area (Å²) in [4.78, 5) is 26.6. The van der Waals surface area contributed by atoms with Crippen molar-refractivity contribution in [3.05, 3.63) is 29.8 Å². The van der Waals surface area contributed by atoms with Gasteiger partial charge in [-0.3, -0.25) is 0 Å². The van der Waals surface area contributed by atoms with E-state index in [1.807, 2.05) is 0 Å². The molecule has 2 spiro atoms. The van der Waals surface area contributed by atoms with Crippen LogP contribution < -0.4 is 10.0 Å². The number of nitrogens with one attached hydrogen (secondary N) is 2. The van der Waals surface area contributed by atoms with E-state index in [0.717, 1.165) is 18.2 Å². The molecule has 4 fully saturated rings. The van der Waals surface area contributed by atoms with Crippen LogP contribution in [0.5, 0.6) is 0 Å². The van der Waals surface area contributed by atoms with Gasteiger partial charge in [-0.05, 0) is 31.0 Å². The summed E-state index contributed by atoms with van der Waals surface area (Å²) in [5, 5.41) is 2.72. The molecule has 0 radical (unpaired) electrons. The molecule has 0 aromatic heterocycles. The minimum absolute atomic E-state index is 0.129. The fraction of sp³-hybridized carbons (Fsp3) is 0.579. The summed E-state index contributed by atoms with van der Waals surface area (Å²) >= 11 is 0. The maximum absolute atomic E-state index is 12.9. The molecule has 0 bridgehead atoms. The fourth-order valence-electron chi connectivity index (χ4n) is 5.04. The molecule has 2 N–H and O–H groups in total. The van der Waals surface area contributed by atoms with Gasteiger partial charge in [-0.25, -0.2) is 22.7 Å². The summed E-state index contributed by atoms with van der Waals surface area (Å²) in [6.45, 7) is 2.02. The highest BCUT2D eigenvalue weighted by atomic mass is 32.2. The first-order valence-electron chi connectivity index (χ1n) is 10.1. The van der Waals surface area contributed by atoms with Crippen molar-refractivity contribution in [1.29, 1.82) is 0 Å². The third kappa shape index (κ3) is 3.56. The van der Waals surface area contributed by atoms with Crippen LogP contribution in [0.4, 0.5) is 22.8 Å². The molecule has 9 nitrogen and oxygen atoms in total. The largest absolute Gasteiger partial charge is 0.447 e. The topological polar surface area (TPSA) is 108 Å². The van der Waals surface area contributed by atoms with Gasteiger partial charge in [0.05, 0.1) is 23.5 Å². The zero-order valence-corrected chi connectivity index (χ0v) is 17.6. The summed E-state index contributed by atoms with van der Waals surface area (Å²) in [5.74, 6) is 0. The lowest BCUT2D eigenvalue weighted by Crippen LogP contribution is -2.75. The van der Waals surface area contributed by atoms with Crippen molar-refractivity contribution in [1.82, 2.24) is 19.8 Å². The number of amides is 3. The van der Waals surface area contributed by atoms with E-state index in [1.54, 1.807) is 9.80 Å². The summed E-state index contributed by atoms with van der Waals surface area (Å²) in [7, 11) is -4.08. The van der Waals surface area contributed by atoms with Crippen molar-refractivity contribution in [3.63, 3.8) is 0 Å². The third-order valence-electron chi connectivity index (χ3n) is 6.58. The number of alkyl carbamates (subject to hydrolysis) is 1. The Morgan fingerprint density at radius 2 is 1.81 bits per heavy atom. The second-order valence-electron chi connectivity index (χ2n) is 9.23. The van der Waals surface area contributed by atoms with Gasteiger partial charge in [-0.2, -0.15) is 13.2 Å². The molecule has 0 unspecified atom stereocenters. The van der Waals surface area contributed by atoms with Gasteiger partial charge >= 0.3 is 18.3 Å². The van der Waals surface area contributed by atoms with Gasteiger partial charge in [0.15, 0.2) is 0 Å². The molecule has 0 atom stereocenters. The van der Waals surface area contributed by atoms with Gasteiger partial charge in [-0.15, -0.1) is 0 Å². The number of likely N-dealkylation sites (tertiary alicyclic amines) is 2. The molecule has 3 amide bonds. The van der Waals surface area contributed by atoms with Gasteiger partial charge in [0.25, 0.3) is 0 Å². The first-order valence-corrected chi connectivity index (χ1v) is 11.6. The van der Waals surface area contributed by atoms with Crippen molar-refractivity contribution in [3.8, 4) is 0 Å². The number of carbonyl (C=O) groups excluding carboxylic acids is 2. The van der Waals surface area contributed by atoms with Crippen molar-refractivity contribution in [2.75, 3.05) is 32.8 Å². The van der Waals surface area contributed by atoms with Crippen LogP contribution in [0, 0.1) is 5.41 Å². The number of rotatable bonds is 3. The molecule has 3 saturated heterocycles. The van der Waals surface area contributed by atoms with Gasteiger partial charge in [0, 0.05) is 24.5 Å². The molecule has 1 aromatic rings. The van der Waals surface area contributed by atoms with Crippen LogP contribution in [-0.4, -0.2) is 74.7 Å². The van der Waals surface area contributed by atoms with Crippen molar-refractivity contribution in [2.24, 2.45) is 5.41 Å². The highest BCUT2D eigenvalue weighted by Crippen LogP contribution is 2.49. The lowest BCUT2D eigenvalue weighted by Gasteiger charge is -2.60. The second kappa shape index (κ2) is 6.73. The maximum atomic E-state index is 12.9. The molecule has 13 heteroatoms. The maximum Gasteiger partial charge on any atom is 0.416 e. The zero-order chi connectivity index (χ0) is 22.9. The molecule has 1 saturated carbocycles. The van der Waals surface area contributed by atoms with Crippen LogP contribution in [-0.2, 0) is 20.9 Å². The summed E-state index contributed by atoms with van der Waals surface area (Å²) < 4.78 is 71.0.